The number of carbonyl (C=O) groups is 1. The summed E-state index contributed by atoms with van der Waals surface area (Å²) in [6, 6.07) is 20.9. The third-order valence-electron chi connectivity index (χ3n) is 5.39. The van der Waals surface area contributed by atoms with Gasteiger partial charge in [-0.1, -0.05) is 60.7 Å². The van der Waals surface area contributed by atoms with Gasteiger partial charge in [0.05, 0.1) is 5.60 Å². The molecule has 1 aliphatic rings. The highest BCUT2D eigenvalue weighted by Gasteiger charge is 2.33. The van der Waals surface area contributed by atoms with Crippen molar-refractivity contribution >= 4 is 5.91 Å². The Balaban J connectivity index is 1.77. The van der Waals surface area contributed by atoms with Crippen LogP contribution in [0.1, 0.15) is 50.2 Å². The summed E-state index contributed by atoms with van der Waals surface area (Å²) in [7, 11) is 1.95. The molecule has 0 spiro atoms. The Labute approximate surface area is 157 Å². The number of hydrogen-bond donors (Lipinski definition) is 0. The van der Waals surface area contributed by atoms with Gasteiger partial charge in [0, 0.05) is 32.0 Å². The number of nitrogens with zero attached hydrogens (tertiary/aromatic N) is 1. The van der Waals surface area contributed by atoms with Crippen LogP contribution in [0, 0.1) is 0 Å². The Kier molecular flexibility index (Phi) is 5.77. The van der Waals surface area contributed by atoms with Crippen LogP contribution in [0.5, 0.6) is 0 Å². The summed E-state index contributed by atoms with van der Waals surface area (Å²) in [5.41, 5.74) is 2.22. The molecule has 0 N–H and O–H groups in total. The molecular weight excluding hydrogens is 322 g/mol. The summed E-state index contributed by atoms with van der Waals surface area (Å²) in [5.74, 6) is 0.283. The fourth-order valence-corrected chi connectivity index (χ4v) is 3.85. The zero-order valence-electron chi connectivity index (χ0n) is 16.0. The summed E-state index contributed by atoms with van der Waals surface area (Å²) < 4.78 is 5.81. The number of carbonyl (C=O) groups excluding carboxylic acids is 1. The number of ether oxygens (including phenoxy) is 1. The molecule has 2 aromatic carbocycles. The first-order valence-corrected chi connectivity index (χ1v) is 9.46. The molecule has 1 saturated heterocycles. The van der Waals surface area contributed by atoms with Gasteiger partial charge in [-0.15, -0.1) is 0 Å². The lowest BCUT2D eigenvalue weighted by molar-refractivity contribution is -0.138. The number of rotatable bonds is 5. The molecule has 138 valence electrons. The zero-order chi connectivity index (χ0) is 18.6. The highest BCUT2D eigenvalue weighted by Crippen LogP contribution is 2.31. The van der Waals surface area contributed by atoms with E-state index in [0.717, 1.165) is 19.4 Å². The van der Waals surface area contributed by atoms with Crippen molar-refractivity contribution < 1.29 is 9.53 Å². The molecule has 2 aromatic rings. The minimum atomic E-state index is -0.157. The van der Waals surface area contributed by atoms with E-state index in [1.807, 2.05) is 48.3 Å². The Morgan fingerprint density at radius 3 is 2.12 bits per heavy atom. The molecule has 0 radical (unpaired) electrons. The molecule has 0 bridgehead atoms. The van der Waals surface area contributed by atoms with Crippen molar-refractivity contribution in [1.29, 1.82) is 0 Å². The maximum atomic E-state index is 13.1. The van der Waals surface area contributed by atoms with Gasteiger partial charge in [-0.3, -0.25) is 4.79 Å². The molecule has 26 heavy (non-hydrogen) atoms. The van der Waals surface area contributed by atoms with E-state index >= 15 is 0 Å². The fraction of sp³-hybridized carbons (Fsp3) is 0.435. The van der Waals surface area contributed by atoms with Crippen LogP contribution in [0.4, 0.5) is 0 Å². The third-order valence-corrected chi connectivity index (χ3v) is 5.39. The molecule has 0 unspecified atom stereocenters. The first kappa shape index (κ1) is 18.7. The van der Waals surface area contributed by atoms with Crippen molar-refractivity contribution in [1.82, 2.24) is 4.90 Å². The van der Waals surface area contributed by atoms with Crippen LogP contribution in [-0.4, -0.2) is 36.1 Å². The Morgan fingerprint density at radius 1 is 1.08 bits per heavy atom. The van der Waals surface area contributed by atoms with Crippen molar-refractivity contribution in [3.8, 4) is 0 Å². The summed E-state index contributed by atoms with van der Waals surface area (Å²) >= 11 is 0. The van der Waals surface area contributed by atoms with Crippen LogP contribution in [0.2, 0.25) is 0 Å². The van der Waals surface area contributed by atoms with E-state index in [9.17, 15) is 4.79 Å². The Hall–Kier alpha value is -2.13. The molecule has 1 fully saturated rings. The molecule has 1 atom stereocenters. The van der Waals surface area contributed by atoms with Crippen LogP contribution in [0.3, 0.4) is 0 Å². The van der Waals surface area contributed by atoms with Crippen molar-refractivity contribution in [2.24, 2.45) is 0 Å². The van der Waals surface area contributed by atoms with Gasteiger partial charge < -0.3 is 9.64 Å². The molecular formula is C23H29NO2. The van der Waals surface area contributed by atoms with Crippen molar-refractivity contribution in [2.75, 3.05) is 13.7 Å². The average Bonchev–Trinajstić information content (AvgIpc) is 2.66. The first-order chi connectivity index (χ1) is 12.5. The van der Waals surface area contributed by atoms with Crippen molar-refractivity contribution in [3.63, 3.8) is 0 Å². The topological polar surface area (TPSA) is 29.5 Å². The second-order valence-electron chi connectivity index (χ2n) is 7.84. The maximum Gasteiger partial charge on any atom is 0.223 e. The van der Waals surface area contributed by atoms with Crippen LogP contribution in [0.15, 0.2) is 60.7 Å². The lowest BCUT2D eigenvalue weighted by Crippen LogP contribution is -2.47. The summed E-state index contributed by atoms with van der Waals surface area (Å²) in [4.78, 5) is 15.0. The molecule has 0 aromatic heterocycles. The second kappa shape index (κ2) is 8.05. The predicted octanol–water partition coefficient (Wildman–Crippen LogP) is 4.62. The van der Waals surface area contributed by atoms with E-state index in [1.165, 1.54) is 11.1 Å². The minimum absolute atomic E-state index is 0.0835. The Bertz CT molecular complexity index is 672. The molecule has 1 heterocycles. The van der Waals surface area contributed by atoms with E-state index in [1.54, 1.807) is 0 Å². The first-order valence-electron chi connectivity index (χ1n) is 9.46. The standard InChI is InChI=1S/C23H29NO2/c1-23(2)17-20(14-15-26-23)24(3)22(25)16-21(18-10-6-4-7-11-18)19-12-8-5-9-13-19/h4-13,20-21H,14-17H2,1-3H3/t20-/m0/s1. The third kappa shape index (κ3) is 4.53. The van der Waals surface area contributed by atoms with Crippen molar-refractivity contribution in [2.45, 2.75) is 50.7 Å². The highest BCUT2D eigenvalue weighted by molar-refractivity contribution is 5.78. The molecule has 3 heteroatoms. The van der Waals surface area contributed by atoms with E-state index in [2.05, 4.69) is 38.1 Å². The molecule has 1 amide bonds. The summed E-state index contributed by atoms with van der Waals surface area (Å²) in [6.07, 6.45) is 2.28. The molecule has 1 aliphatic heterocycles. The second-order valence-corrected chi connectivity index (χ2v) is 7.84. The van der Waals surface area contributed by atoms with Crippen LogP contribution >= 0.6 is 0 Å². The number of amides is 1. The molecule has 0 aliphatic carbocycles. The fourth-order valence-electron chi connectivity index (χ4n) is 3.85. The van der Waals surface area contributed by atoms with Gasteiger partial charge in [-0.25, -0.2) is 0 Å². The largest absolute Gasteiger partial charge is 0.375 e. The lowest BCUT2D eigenvalue weighted by atomic mass is 9.87. The maximum absolute atomic E-state index is 13.1. The van der Waals surface area contributed by atoms with Gasteiger partial charge in [-0.2, -0.15) is 0 Å². The monoisotopic (exact) mass is 351 g/mol. The minimum Gasteiger partial charge on any atom is -0.375 e. The van der Waals surface area contributed by atoms with E-state index in [0.29, 0.717) is 6.42 Å². The average molecular weight is 351 g/mol. The van der Waals surface area contributed by atoms with Crippen LogP contribution < -0.4 is 0 Å². The van der Waals surface area contributed by atoms with Gasteiger partial charge in [-0.05, 0) is 37.8 Å². The Morgan fingerprint density at radius 2 is 1.62 bits per heavy atom. The van der Waals surface area contributed by atoms with E-state index in [-0.39, 0.29) is 23.5 Å². The van der Waals surface area contributed by atoms with E-state index < -0.39 is 0 Å². The van der Waals surface area contributed by atoms with Crippen LogP contribution in [-0.2, 0) is 9.53 Å². The molecule has 3 rings (SSSR count). The van der Waals surface area contributed by atoms with Crippen molar-refractivity contribution in [3.05, 3.63) is 71.8 Å². The normalized spacial score (nSPS) is 19.3. The van der Waals surface area contributed by atoms with Gasteiger partial charge >= 0.3 is 0 Å². The van der Waals surface area contributed by atoms with Gasteiger partial charge in [0.15, 0.2) is 0 Å². The van der Waals surface area contributed by atoms with Gasteiger partial charge in [0.1, 0.15) is 0 Å². The summed E-state index contributed by atoms with van der Waals surface area (Å²) in [5, 5.41) is 0. The van der Waals surface area contributed by atoms with Gasteiger partial charge in [0.25, 0.3) is 0 Å². The smallest absolute Gasteiger partial charge is 0.223 e. The lowest BCUT2D eigenvalue weighted by Gasteiger charge is -2.40. The SMILES string of the molecule is CN(C(=O)CC(c1ccccc1)c1ccccc1)[C@H]1CCOC(C)(C)C1. The zero-order valence-corrected chi connectivity index (χ0v) is 16.0. The highest BCUT2D eigenvalue weighted by atomic mass is 16.5. The number of hydrogen-bond acceptors (Lipinski definition) is 2. The predicted molar refractivity (Wildman–Crippen MR) is 105 cm³/mol. The van der Waals surface area contributed by atoms with E-state index in [4.69, 9.17) is 4.74 Å². The van der Waals surface area contributed by atoms with Gasteiger partial charge in [0.2, 0.25) is 5.91 Å². The number of benzene rings is 2. The summed E-state index contributed by atoms with van der Waals surface area (Å²) in [6.45, 7) is 4.93. The molecule has 0 saturated carbocycles. The van der Waals surface area contributed by atoms with Crippen LogP contribution in [0.25, 0.3) is 0 Å². The quantitative estimate of drug-likeness (QED) is 0.786. The molecule has 3 nitrogen and oxygen atoms in total.